The highest BCUT2D eigenvalue weighted by atomic mass is 19.1. The lowest BCUT2D eigenvalue weighted by Crippen LogP contribution is -2.07. The largest absolute Gasteiger partial charge is 0.304 e. The van der Waals surface area contributed by atoms with Gasteiger partial charge in [0.2, 0.25) is 0 Å². The van der Waals surface area contributed by atoms with Gasteiger partial charge in [0.1, 0.15) is 11.6 Å². The zero-order valence-electron chi connectivity index (χ0n) is 7.31. The fraction of sp³-hybridized carbons (Fsp3) is 0.333. The summed E-state index contributed by atoms with van der Waals surface area (Å²) in [6, 6.07) is 2.64. The molecule has 0 atom stereocenters. The predicted octanol–water partition coefficient (Wildman–Crippen LogP) is 1.71. The van der Waals surface area contributed by atoms with Gasteiger partial charge in [-0.1, -0.05) is 6.07 Å². The van der Waals surface area contributed by atoms with E-state index in [4.69, 9.17) is 5.90 Å². The molecule has 4 heteroatoms. The van der Waals surface area contributed by atoms with Gasteiger partial charge < -0.3 is 4.84 Å². The Morgan fingerprint density at radius 2 is 2.08 bits per heavy atom. The van der Waals surface area contributed by atoms with Gasteiger partial charge in [-0.25, -0.2) is 14.7 Å². The van der Waals surface area contributed by atoms with Gasteiger partial charge in [0.05, 0.1) is 6.61 Å². The number of nitrogens with two attached hydrogens (primary N) is 1. The molecule has 0 aliphatic heterocycles. The van der Waals surface area contributed by atoms with E-state index >= 15 is 0 Å². The Morgan fingerprint density at radius 3 is 2.69 bits per heavy atom. The van der Waals surface area contributed by atoms with Crippen LogP contribution in [0.4, 0.5) is 8.78 Å². The van der Waals surface area contributed by atoms with Crippen molar-refractivity contribution in [1.29, 1.82) is 0 Å². The summed E-state index contributed by atoms with van der Waals surface area (Å²) >= 11 is 0. The van der Waals surface area contributed by atoms with Crippen molar-refractivity contribution in [2.45, 2.75) is 13.3 Å². The third kappa shape index (κ3) is 2.23. The van der Waals surface area contributed by atoms with E-state index < -0.39 is 11.6 Å². The summed E-state index contributed by atoms with van der Waals surface area (Å²) in [6.07, 6.45) is 0.149. The van der Waals surface area contributed by atoms with E-state index in [1.807, 2.05) is 0 Å². The molecular weight excluding hydrogens is 176 g/mol. The van der Waals surface area contributed by atoms with Crippen LogP contribution in [0.5, 0.6) is 0 Å². The molecule has 0 unspecified atom stereocenters. The molecule has 0 saturated heterocycles. The number of hydrogen-bond acceptors (Lipinski definition) is 2. The average molecular weight is 187 g/mol. The van der Waals surface area contributed by atoms with E-state index in [9.17, 15) is 8.78 Å². The molecular formula is C9H11F2NO. The summed E-state index contributed by atoms with van der Waals surface area (Å²) in [5.74, 6) is 3.70. The molecule has 13 heavy (non-hydrogen) atoms. The lowest BCUT2D eigenvalue weighted by molar-refractivity contribution is 0.140. The summed E-state index contributed by atoms with van der Waals surface area (Å²) in [6.45, 7) is 1.69. The van der Waals surface area contributed by atoms with Crippen LogP contribution in [-0.4, -0.2) is 6.61 Å². The van der Waals surface area contributed by atoms with Crippen LogP contribution in [0.3, 0.4) is 0 Å². The Morgan fingerprint density at radius 1 is 1.38 bits per heavy atom. The second kappa shape index (κ2) is 4.30. The fourth-order valence-electron chi connectivity index (χ4n) is 1.10. The molecule has 0 heterocycles. The van der Waals surface area contributed by atoms with E-state index in [2.05, 4.69) is 4.84 Å². The molecule has 0 radical (unpaired) electrons. The maximum absolute atomic E-state index is 13.2. The molecule has 1 rings (SSSR count). The molecule has 0 aliphatic carbocycles. The molecule has 72 valence electrons. The average Bonchev–Trinajstić information content (AvgIpc) is 2.12. The van der Waals surface area contributed by atoms with Crippen LogP contribution in [0.1, 0.15) is 11.1 Å². The van der Waals surface area contributed by atoms with Crippen LogP contribution >= 0.6 is 0 Å². The van der Waals surface area contributed by atoms with Crippen LogP contribution in [-0.2, 0) is 11.3 Å². The van der Waals surface area contributed by atoms with Crippen LogP contribution in [0.15, 0.2) is 12.1 Å². The van der Waals surface area contributed by atoms with Gasteiger partial charge in [0, 0.05) is 12.0 Å². The summed E-state index contributed by atoms with van der Waals surface area (Å²) in [7, 11) is 0. The predicted molar refractivity (Wildman–Crippen MR) is 44.9 cm³/mol. The highest BCUT2D eigenvalue weighted by Gasteiger charge is 2.10. The number of hydrogen-bond donors (Lipinski definition) is 1. The van der Waals surface area contributed by atoms with E-state index in [0.29, 0.717) is 5.56 Å². The summed E-state index contributed by atoms with van der Waals surface area (Å²) in [4.78, 5) is 4.26. The van der Waals surface area contributed by atoms with Crippen molar-refractivity contribution >= 4 is 0 Å². The second-order valence-corrected chi connectivity index (χ2v) is 2.78. The monoisotopic (exact) mass is 187 g/mol. The van der Waals surface area contributed by atoms with Gasteiger partial charge in [0.15, 0.2) is 0 Å². The lowest BCUT2D eigenvalue weighted by atomic mass is 10.1. The van der Waals surface area contributed by atoms with Crippen LogP contribution in [0.25, 0.3) is 0 Å². The molecule has 0 aliphatic rings. The Bertz CT molecular complexity index is 302. The summed E-state index contributed by atoms with van der Waals surface area (Å²) in [5, 5.41) is 0. The van der Waals surface area contributed by atoms with E-state index in [1.54, 1.807) is 6.92 Å². The first-order valence-corrected chi connectivity index (χ1v) is 3.92. The molecule has 1 aromatic carbocycles. The highest BCUT2D eigenvalue weighted by Crippen LogP contribution is 2.16. The molecule has 0 bridgehead atoms. The minimum Gasteiger partial charge on any atom is -0.304 e. The molecule has 0 fully saturated rings. The van der Waals surface area contributed by atoms with E-state index in [1.165, 1.54) is 12.1 Å². The lowest BCUT2D eigenvalue weighted by Gasteiger charge is -2.05. The second-order valence-electron chi connectivity index (χ2n) is 2.78. The van der Waals surface area contributed by atoms with Gasteiger partial charge >= 0.3 is 0 Å². The topological polar surface area (TPSA) is 35.2 Å². The van der Waals surface area contributed by atoms with Crippen molar-refractivity contribution in [3.05, 3.63) is 34.9 Å². The van der Waals surface area contributed by atoms with Gasteiger partial charge in [-0.3, -0.25) is 0 Å². The zero-order chi connectivity index (χ0) is 9.84. The molecule has 0 amide bonds. The number of halogens is 2. The standard InChI is InChI=1S/C9H11F2NO/c1-6-2-3-8(10)7(9(6)11)4-5-13-12/h2-3H,4-5,12H2,1H3. The fourth-order valence-corrected chi connectivity index (χ4v) is 1.10. The Hall–Kier alpha value is -1.00. The molecule has 2 nitrogen and oxygen atoms in total. The van der Waals surface area contributed by atoms with Crippen LogP contribution in [0.2, 0.25) is 0 Å². The highest BCUT2D eigenvalue weighted by molar-refractivity contribution is 5.26. The molecule has 1 aromatic rings. The van der Waals surface area contributed by atoms with Crippen molar-refractivity contribution in [1.82, 2.24) is 0 Å². The van der Waals surface area contributed by atoms with Crippen molar-refractivity contribution in [2.24, 2.45) is 5.90 Å². The Kier molecular flexibility index (Phi) is 3.33. The SMILES string of the molecule is Cc1ccc(F)c(CCON)c1F. The number of rotatable bonds is 3. The van der Waals surface area contributed by atoms with Crippen molar-refractivity contribution in [3.63, 3.8) is 0 Å². The summed E-state index contributed by atoms with van der Waals surface area (Å²) in [5.41, 5.74) is 0.457. The maximum Gasteiger partial charge on any atom is 0.132 e. The van der Waals surface area contributed by atoms with Gasteiger partial charge in [0.25, 0.3) is 0 Å². The summed E-state index contributed by atoms with van der Waals surface area (Å²) < 4.78 is 26.3. The van der Waals surface area contributed by atoms with Gasteiger partial charge in [-0.05, 0) is 18.6 Å². The number of aryl methyl sites for hydroxylation is 1. The zero-order valence-corrected chi connectivity index (χ0v) is 7.31. The third-order valence-electron chi connectivity index (χ3n) is 1.85. The minimum atomic E-state index is -0.555. The maximum atomic E-state index is 13.2. The first kappa shape index (κ1) is 10.1. The molecule has 0 saturated carbocycles. The van der Waals surface area contributed by atoms with Crippen LogP contribution < -0.4 is 5.90 Å². The quantitative estimate of drug-likeness (QED) is 0.731. The molecule has 0 aromatic heterocycles. The van der Waals surface area contributed by atoms with E-state index in [0.717, 1.165) is 0 Å². The Labute approximate surface area is 75.3 Å². The van der Waals surface area contributed by atoms with Gasteiger partial charge in [-0.15, -0.1) is 0 Å². The number of benzene rings is 1. The van der Waals surface area contributed by atoms with Crippen LogP contribution in [0, 0.1) is 18.6 Å². The smallest absolute Gasteiger partial charge is 0.132 e. The first-order valence-electron chi connectivity index (χ1n) is 3.92. The van der Waals surface area contributed by atoms with Gasteiger partial charge in [-0.2, -0.15) is 0 Å². The van der Waals surface area contributed by atoms with E-state index in [-0.39, 0.29) is 18.6 Å². The van der Waals surface area contributed by atoms with Crippen molar-refractivity contribution < 1.29 is 13.6 Å². The minimum absolute atomic E-state index is 0.0328. The van der Waals surface area contributed by atoms with Crippen molar-refractivity contribution in [2.75, 3.05) is 6.61 Å². The molecule has 0 spiro atoms. The molecule has 2 N–H and O–H groups in total. The third-order valence-corrected chi connectivity index (χ3v) is 1.85. The van der Waals surface area contributed by atoms with Crippen molar-refractivity contribution in [3.8, 4) is 0 Å². The first-order chi connectivity index (χ1) is 6.16. The normalized spacial score (nSPS) is 10.5. The Balaban J connectivity index is 2.96.